The Kier molecular flexibility index (Phi) is 4.69. The molecule has 0 aromatic rings. The number of carbonyl (C=O) groups excluding carboxylic acids is 1. The average Bonchev–Trinajstić information content (AvgIpc) is 1.87. The van der Waals surface area contributed by atoms with E-state index in [0.29, 0.717) is 0 Å². The molecule has 0 N–H and O–H groups in total. The minimum Gasteiger partial charge on any atom is -0.460 e. The van der Waals surface area contributed by atoms with Gasteiger partial charge in [0.05, 0.1) is 6.21 Å². The lowest BCUT2D eigenvalue weighted by Crippen LogP contribution is -2.00. The predicted molar refractivity (Wildman–Crippen MR) is 31.8 cm³/mol. The Morgan fingerprint density at radius 1 is 1.90 bits per heavy atom. The van der Waals surface area contributed by atoms with Gasteiger partial charge in [-0.05, 0) is 0 Å². The fourth-order valence-corrected chi connectivity index (χ4v) is 0.246. The van der Waals surface area contributed by atoms with E-state index in [0.717, 1.165) is 0 Å². The molecule has 0 aliphatic rings. The fraction of sp³-hybridized carbons (Fsp3) is 0.400. The highest BCUT2D eigenvalue weighted by Crippen LogP contribution is 1.73. The van der Waals surface area contributed by atoms with Gasteiger partial charge in [0.1, 0.15) is 6.61 Å². The predicted octanol–water partition coefficient (Wildman–Crippen LogP) is 0.0330. The summed E-state index contributed by atoms with van der Waals surface area (Å²) >= 11 is 0. The van der Waals surface area contributed by atoms with Crippen molar-refractivity contribution in [2.75, 3.05) is 6.61 Å². The van der Waals surface area contributed by atoms with Crippen LogP contribution in [0.3, 0.4) is 0 Å². The molecule has 5 heteroatoms. The Hall–Kier alpha value is -1.57. The summed E-state index contributed by atoms with van der Waals surface area (Å²) in [6, 6.07) is 0. The van der Waals surface area contributed by atoms with Crippen LogP contribution in [0, 0.1) is 11.5 Å². The van der Waals surface area contributed by atoms with Crippen LogP contribution in [0.2, 0.25) is 0 Å². The summed E-state index contributed by atoms with van der Waals surface area (Å²) in [5.41, 5.74) is 0. The summed E-state index contributed by atoms with van der Waals surface area (Å²) in [6.07, 6.45) is 2.49. The molecule has 0 aromatic carbocycles. The first-order valence-electron chi connectivity index (χ1n) is 2.47. The Balaban J connectivity index is 3.20. The Labute approximate surface area is 57.8 Å². The smallest absolute Gasteiger partial charge is 0.316 e. The maximum absolute atomic E-state index is 10.1. The van der Waals surface area contributed by atoms with Gasteiger partial charge in [-0.2, -0.15) is 0 Å². The van der Waals surface area contributed by atoms with Gasteiger partial charge >= 0.3 is 12.2 Å². The Morgan fingerprint density at radius 2 is 2.60 bits per heavy atom. The monoisotopic (exact) mass is 142 g/mol. The van der Waals surface area contributed by atoms with Gasteiger partial charge in [-0.3, -0.25) is 9.63 Å². The number of nitriles is 1. The topological polar surface area (TPSA) is 71.7 Å². The van der Waals surface area contributed by atoms with E-state index in [1.165, 1.54) is 19.4 Å². The molecule has 0 aliphatic heterocycles. The number of carbonyl (C=O) groups is 1. The SMILES string of the molecule is CC(=O)OC/C=N/OC#N. The van der Waals surface area contributed by atoms with Gasteiger partial charge in [-0.15, -0.1) is 5.26 Å². The van der Waals surface area contributed by atoms with Crippen LogP contribution in [0.1, 0.15) is 6.92 Å². The third-order valence-electron chi connectivity index (χ3n) is 0.529. The van der Waals surface area contributed by atoms with E-state index in [2.05, 4.69) is 14.7 Å². The molecule has 0 saturated carbocycles. The molecular weight excluding hydrogens is 136 g/mol. The van der Waals surface area contributed by atoms with Crippen LogP contribution in [0.15, 0.2) is 5.16 Å². The summed E-state index contributed by atoms with van der Waals surface area (Å²) in [4.78, 5) is 14.0. The normalized spacial score (nSPS) is 8.80. The number of nitrogens with zero attached hydrogens (tertiary/aromatic N) is 2. The van der Waals surface area contributed by atoms with Crippen molar-refractivity contribution in [2.45, 2.75) is 6.92 Å². The lowest BCUT2D eigenvalue weighted by atomic mass is 10.7. The average molecular weight is 142 g/mol. The molecule has 0 saturated heterocycles. The first-order chi connectivity index (χ1) is 4.77. The summed E-state index contributed by atoms with van der Waals surface area (Å²) in [5.74, 6) is -0.400. The molecule has 0 amide bonds. The molecule has 0 radical (unpaired) electrons. The van der Waals surface area contributed by atoms with E-state index in [9.17, 15) is 4.79 Å². The number of oxime groups is 1. The molecule has 10 heavy (non-hydrogen) atoms. The zero-order valence-corrected chi connectivity index (χ0v) is 5.40. The third kappa shape index (κ3) is 6.43. The second-order valence-corrected chi connectivity index (χ2v) is 1.27. The summed E-state index contributed by atoms with van der Waals surface area (Å²) in [7, 11) is 0. The maximum Gasteiger partial charge on any atom is 0.316 e. The van der Waals surface area contributed by atoms with Crippen LogP contribution >= 0.6 is 0 Å². The van der Waals surface area contributed by atoms with Crippen LogP contribution < -0.4 is 0 Å². The Morgan fingerprint density at radius 3 is 3.10 bits per heavy atom. The molecule has 0 bridgehead atoms. The van der Waals surface area contributed by atoms with Gasteiger partial charge in [-0.25, -0.2) is 0 Å². The molecule has 0 fully saturated rings. The number of rotatable bonds is 3. The van der Waals surface area contributed by atoms with Crippen molar-refractivity contribution < 1.29 is 14.4 Å². The fourth-order valence-electron chi connectivity index (χ4n) is 0.246. The third-order valence-corrected chi connectivity index (χ3v) is 0.529. The number of ether oxygens (including phenoxy) is 1. The molecule has 0 aromatic heterocycles. The highest BCUT2D eigenvalue weighted by atomic mass is 16.6. The van der Waals surface area contributed by atoms with Crippen LogP contribution in [0.5, 0.6) is 0 Å². The zero-order valence-electron chi connectivity index (χ0n) is 5.40. The molecular formula is C5H6N2O3. The second-order valence-electron chi connectivity index (χ2n) is 1.27. The quantitative estimate of drug-likeness (QED) is 0.241. The van der Waals surface area contributed by atoms with Gasteiger partial charge in [0, 0.05) is 6.92 Å². The minimum atomic E-state index is -0.400. The van der Waals surface area contributed by atoms with Crippen molar-refractivity contribution in [3.63, 3.8) is 0 Å². The van der Waals surface area contributed by atoms with Crippen molar-refractivity contribution in [1.29, 1.82) is 5.26 Å². The standard InChI is InChI=1S/C5H6N2O3/c1-5(8)9-3-2-7-10-4-6/h2H,3H2,1H3/b7-2+. The van der Waals surface area contributed by atoms with E-state index >= 15 is 0 Å². The van der Waals surface area contributed by atoms with Gasteiger partial charge < -0.3 is 4.74 Å². The van der Waals surface area contributed by atoms with E-state index < -0.39 is 5.97 Å². The van der Waals surface area contributed by atoms with Crippen LogP contribution in [0.4, 0.5) is 0 Å². The van der Waals surface area contributed by atoms with Crippen molar-refractivity contribution in [3.8, 4) is 6.26 Å². The highest BCUT2D eigenvalue weighted by molar-refractivity contribution is 5.69. The summed E-state index contributed by atoms with van der Waals surface area (Å²) in [6.45, 7) is 1.30. The van der Waals surface area contributed by atoms with E-state index in [4.69, 9.17) is 5.26 Å². The second kappa shape index (κ2) is 5.56. The maximum atomic E-state index is 10.1. The van der Waals surface area contributed by atoms with E-state index in [1.54, 1.807) is 0 Å². The molecule has 0 spiro atoms. The molecule has 0 aliphatic carbocycles. The van der Waals surface area contributed by atoms with E-state index in [1.807, 2.05) is 0 Å². The van der Waals surface area contributed by atoms with Crippen molar-refractivity contribution in [2.24, 2.45) is 5.16 Å². The van der Waals surface area contributed by atoms with Gasteiger partial charge in [0.15, 0.2) is 0 Å². The molecule has 0 rings (SSSR count). The molecule has 0 heterocycles. The van der Waals surface area contributed by atoms with Crippen LogP contribution in [-0.2, 0) is 14.4 Å². The molecule has 0 unspecified atom stereocenters. The first-order valence-corrected chi connectivity index (χ1v) is 2.47. The van der Waals surface area contributed by atoms with Crippen molar-refractivity contribution in [1.82, 2.24) is 0 Å². The van der Waals surface area contributed by atoms with Gasteiger partial charge in [0.2, 0.25) is 0 Å². The molecule has 5 nitrogen and oxygen atoms in total. The number of esters is 1. The largest absolute Gasteiger partial charge is 0.460 e. The minimum absolute atomic E-state index is 0.0248. The number of hydrogen-bond acceptors (Lipinski definition) is 5. The van der Waals surface area contributed by atoms with Gasteiger partial charge in [0.25, 0.3) is 0 Å². The zero-order chi connectivity index (χ0) is 7.82. The number of hydrogen-bond donors (Lipinski definition) is 0. The lowest BCUT2D eigenvalue weighted by Gasteiger charge is -1.91. The molecule has 54 valence electrons. The molecule has 0 atom stereocenters. The summed E-state index contributed by atoms with van der Waals surface area (Å²) in [5, 5.41) is 10.9. The highest BCUT2D eigenvalue weighted by Gasteiger charge is 1.86. The summed E-state index contributed by atoms with van der Waals surface area (Å²) < 4.78 is 4.41. The van der Waals surface area contributed by atoms with Crippen molar-refractivity contribution >= 4 is 12.2 Å². The van der Waals surface area contributed by atoms with Crippen molar-refractivity contribution in [3.05, 3.63) is 0 Å². The van der Waals surface area contributed by atoms with Gasteiger partial charge in [-0.1, -0.05) is 5.16 Å². The van der Waals surface area contributed by atoms with E-state index in [-0.39, 0.29) is 6.61 Å². The van der Waals surface area contributed by atoms with Crippen LogP contribution in [-0.4, -0.2) is 18.8 Å². The van der Waals surface area contributed by atoms with Crippen LogP contribution in [0.25, 0.3) is 0 Å². The Bertz CT molecular complexity index is 170. The first kappa shape index (κ1) is 8.43. The lowest BCUT2D eigenvalue weighted by molar-refractivity contribution is -0.139.